The van der Waals surface area contributed by atoms with Crippen LogP contribution in [-0.4, -0.2) is 29.0 Å². The molecule has 21 heavy (non-hydrogen) atoms. The molecule has 0 saturated carbocycles. The lowest BCUT2D eigenvalue weighted by atomic mass is 10.1. The van der Waals surface area contributed by atoms with Gasteiger partial charge in [-0.2, -0.15) is 0 Å². The molecule has 0 spiro atoms. The number of imidazole rings is 1. The minimum Gasteiger partial charge on any atom is -0.358 e. The largest absolute Gasteiger partial charge is 0.358 e. The van der Waals surface area contributed by atoms with Crippen molar-refractivity contribution in [2.75, 3.05) is 18.5 Å². The second-order valence-corrected chi connectivity index (χ2v) is 6.45. The van der Waals surface area contributed by atoms with Gasteiger partial charge in [0.1, 0.15) is 5.65 Å². The van der Waals surface area contributed by atoms with E-state index in [9.17, 15) is 0 Å². The number of aromatic nitrogens is 2. The lowest BCUT2D eigenvalue weighted by molar-refractivity contribution is 0.571. The summed E-state index contributed by atoms with van der Waals surface area (Å²) in [6.07, 6.45) is 3.28. The van der Waals surface area contributed by atoms with Gasteiger partial charge in [-0.3, -0.25) is 0 Å². The maximum absolute atomic E-state index is 4.82. The van der Waals surface area contributed by atoms with Crippen LogP contribution in [0.2, 0.25) is 0 Å². The normalized spacial score (nSPS) is 11.8. The first-order chi connectivity index (χ1) is 9.99. The average molecular weight is 288 g/mol. The fourth-order valence-corrected chi connectivity index (χ4v) is 2.36. The Morgan fingerprint density at radius 3 is 2.67 bits per heavy atom. The molecule has 0 aliphatic carbocycles. The quantitative estimate of drug-likeness (QED) is 0.848. The van der Waals surface area contributed by atoms with Gasteiger partial charge in [0.15, 0.2) is 5.82 Å². The number of pyridine rings is 1. The van der Waals surface area contributed by atoms with Crippen molar-refractivity contribution in [1.82, 2.24) is 14.7 Å². The standard InChI is InChI=1S/C17H28N4/c1-13(2)9-11-20(5)17-15(12-18-14(3)4)21-10-7-6-8-16(21)19-17/h6-8,10,13-14,18H,9,11-12H2,1-5H3. The first kappa shape index (κ1) is 15.8. The molecule has 0 bridgehead atoms. The molecule has 4 heteroatoms. The van der Waals surface area contributed by atoms with Gasteiger partial charge in [0, 0.05) is 32.4 Å². The molecule has 0 atom stereocenters. The van der Waals surface area contributed by atoms with Crippen LogP contribution in [-0.2, 0) is 6.54 Å². The van der Waals surface area contributed by atoms with E-state index in [2.05, 4.69) is 67.7 Å². The third-order valence-electron chi connectivity index (χ3n) is 3.69. The lowest BCUT2D eigenvalue weighted by Crippen LogP contribution is -2.26. The number of hydrogen-bond donors (Lipinski definition) is 1. The Morgan fingerprint density at radius 2 is 2.00 bits per heavy atom. The molecule has 116 valence electrons. The highest BCUT2D eigenvalue weighted by Gasteiger charge is 2.15. The van der Waals surface area contributed by atoms with E-state index >= 15 is 0 Å². The maximum Gasteiger partial charge on any atom is 0.152 e. The molecule has 0 fully saturated rings. The Morgan fingerprint density at radius 1 is 1.24 bits per heavy atom. The van der Waals surface area contributed by atoms with Crippen molar-refractivity contribution in [2.45, 2.75) is 46.7 Å². The molecular formula is C17H28N4. The van der Waals surface area contributed by atoms with Gasteiger partial charge in [0.2, 0.25) is 0 Å². The summed E-state index contributed by atoms with van der Waals surface area (Å²) in [4.78, 5) is 7.10. The Bertz CT molecular complexity index is 571. The van der Waals surface area contributed by atoms with Crippen LogP contribution in [0.3, 0.4) is 0 Å². The fraction of sp³-hybridized carbons (Fsp3) is 0.588. The summed E-state index contributed by atoms with van der Waals surface area (Å²) in [7, 11) is 2.14. The fourth-order valence-electron chi connectivity index (χ4n) is 2.36. The number of nitrogens with zero attached hydrogens (tertiary/aromatic N) is 3. The van der Waals surface area contributed by atoms with Gasteiger partial charge in [-0.1, -0.05) is 33.8 Å². The second kappa shape index (κ2) is 6.94. The number of anilines is 1. The van der Waals surface area contributed by atoms with Crippen LogP contribution in [0, 0.1) is 5.92 Å². The van der Waals surface area contributed by atoms with Crippen molar-refractivity contribution in [1.29, 1.82) is 0 Å². The smallest absolute Gasteiger partial charge is 0.152 e. The zero-order valence-corrected chi connectivity index (χ0v) is 13.9. The second-order valence-electron chi connectivity index (χ2n) is 6.45. The number of rotatable bonds is 7. The van der Waals surface area contributed by atoms with E-state index in [1.54, 1.807) is 0 Å². The van der Waals surface area contributed by atoms with Crippen LogP contribution in [0.4, 0.5) is 5.82 Å². The monoisotopic (exact) mass is 288 g/mol. The number of fused-ring (bicyclic) bond motifs is 1. The molecule has 0 aliphatic heterocycles. The molecule has 0 aliphatic rings. The molecule has 2 aromatic heterocycles. The summed E-state index contributed by atoms with van der Waals surface area (Å²) in [6, 6.07) is 6.64. The van der Waals surface area contributed by atoms with E-state index in [0.29, 0.717) is 12.0 Å². The first-order valence-corrected chi connectivity index (χ1v) is 7.89. The van der Waals surface area contributed by atoms with Crippen LogP contribution in [0.25, 0.3) is 5.65 Å². The van der Waals surface area contributed by atoms with Gasteiger partial charge in [0.05, 0.1) is 5.69 Å². The van der Waals surface area contributed by atoms with Gasteiger partial charge in [-0.25, -0.2) is 4.98 Å². The first-order valence-electron chi connectivity index (χ1n) is 7.89. The summed E-state index contributed by atoms with van der Waals surface area (Å²) in [6.45, 7) is 10.7. The van der Waals surface area contributed by atoms with Crippen molar-refractivity contribution in [3.63, 3.8) is 0 Å². The van der Waals surface area contributed by atoms with Crippen LogP contribution in [0.15, 0.2) is 24.4 Å². The number of hydrogen-bond acceptors (Lipinski definition) is 3. The predicted octanol–water partition coefficient (Wildman–Crippen LogP) is 3.31. The van der Waals surface area contributed by atoms with Gasteiger partial charge in [-0.15, -0.1) is 0 Å². The van der Waals surface area contributed by atoms with Gasteiger partial charge < -0.3 is 14.6 Å². The van der Waals surface area contributed by atoms with E-state index < -0.39 is 0 Å². The van der Waals surface area contributed by atoms with Crippen molar-refractivity contribution in [3.05, 3.63) is 30.1 Å². The number of nitrogens with one attached hydrogen (secondary N) is 1. The Kier molecular flexibility index (Phi) is 5.23. The zero-order chi connectivity index (χ0) is 15.4. The van der Waals surface area contributed by atoms with E-state index in [0.717, 1.165) is 24.6 Å². The van der Waals surface area contributed by atoms with Crippen LogP contribution >= 0.6 is 0 Å². The molecule has 1 N–H and O–H groups in total. The Balaban J connectivity index is 2.29. The molecule has 0 aromatic carbocycles. The molecule has 0 unspecified atom stereocenters. The Labute approximate surface area is 128 Å². The van der Waals surface area contributed by atoms with Crippen LogP contribution in [0.1, 0.15) is 39.8 Å². The van der Waals surface area contributed by atoms with Gasteiger partial charge >= 0.3 is 0 Å². The summed E-state index contributed by atoms with van der Waals surface area (Å²) in [5.74, 6) is 1.80. The summed E-state index contributed by atoms with van der Waals surface area (Å²) in [5, 5.41) is 3.51. The molecular weight excluding hydrogens is 260 g/mol. The van der Waals surface area contributed by atoms with Gasteiger partial charge in [-0.05, 0) is 24.5 Å². The SMILES string of the molecule is CC(C)CCN(C)c1nc2ccccn2c1CNC(C)C. The molecule has 0 radical (unpaired) electrons. The summed E-state index contributed by atoms with van der Waals surface area (Å²) in [5.41, 5.74) is 2.26. The molecule has 2 heterocycles. The molecule has 2 aromatic rings. The topological polar surface area (TPSA) is 32.6 Å². The summed E-state index contributed by atoms with van der Waals surface area (Å²) >= 11 is 0. The third kappa shape index (κ3) is 3.97. The highest BCUT2D eigenvalue weighted by atomic mass is 15.2. The third-order valence-corrected chi connectivity index (χ3v) is 3.69. The zero-order valence-electron chi connectivity index (χ0n) is 13.9. The van der Waals surface area contributed by atoms with Crippen molar-refractivity contribution >= 4 is 11.5 Å². The van der Waals surface area contributed by atoms with Gasteiger partial charge in [0.25, 0.3) is 0 Å². The predicted molar refractivity (Wildman–Crippen MR) is 89.9 cm³/mol. The highest BCUT2D eigenvalue weighted by Crippen LogP contribution is 2.21. The van der Waals surface area contributed by atoms with E-state index in [-0.39, 0.29) is 0 Å². The Hall–Kier alpha value is -1.55. The molecule has 2 rings (SSSR count). The highest BCUT2D eigenvalue weighted by molar-refractivity contribution is 5.55. The van der Waals surface area contributed by atoms with Crippen LogP contribution in [0.5, 0.6) is 0 Å². The minimum absolute atomic E-state index is 0.466. The maximum atomic E-state index is 4.82. The van der Waals surface area contributed by atoms with Crippen molar-refractivity contribution in [2.24, 2.45) is 5.92 Å². The van der Waals surface area contributed by atoms with Crippen molar-refractivity contribution < 1.29 is 0 Å². The van der Waals surface area contributed by atoms with E-state index in [4.69, 9.17) is 4.98 Å². The average Bonchev–Trinajstić information content (AvgIpc) is 2.81. The van der Waals surface area contributed by atoms with Crippen molar-refractivity contribution in [3.8, 4) is 0 Å². The molecule has 0 saturated heterocycles. The molecule has 4 nitrogen and oxygen atoms in total. The van der Waals surface area contributed by atoms with E-state index in [1.807, 2.05) is 6.07 Å². The lowest BCUT2D eigenvalue weighted by Gasteiger charge is -2.20. The molecule has 0 amide bonds. The van der Waals surface area contributed by atoms with Crippen LogP contribution < -0.4 is 10.2 Å². The minimum atomic E-state index is 0.466. The summed E-state index contributed by atoms with van der Waals surface area (Å²) < 4.78 is 2.19. The van der Waals surface area contributed by atoms with E-state index in [1.165, 1.54) is 12.1 Å².